The van der Waals surface area contributed by atoms with Gasteiger partial charge in [-0.3, -0.25) is 9.69 Å². The molecule has 18 heavy (non-hydrogen) atoms. The lowest BCUT2D eigenvalue weighted by molar-refractivity contribution is -0.135. The highest BCUT2D eigenvalue weighted by atomic mass is 16.5. The second-order valence-electron chi connectivity index (χ2n) is 5.36. The van der Waals surface area contributed by atoms with Gasteiger partial charge >= 0.3 is 0 Å². The lowest BCUT2D eigenvalue weighted by Crippen LogP contribution is -2.53. The van der Waals surface area contributed by atoms with Gasteiger partial charge in [0.15, 0.2) is 0 Å². The van der Waals surface area contributed by atoms with Gasteiger partial charge in [-0.15, -0.1) is 0 Å². The number of methoxy groups -OCH3 is 1. The van der Waals surface area contributed by atoms with Crippen molar-refractivity contribution in [3.05, 3.63) is 0 Å². The molecule has 0 spiro atoms. The lowest BCUT2D eigenvalue weighted by Gasteiger charge is -2.34. The molecule has 104 valence electrons. The summed E-state index contributed by atoms with van der Waals surface area (Å²) in [5.74, 6) is 0.810. The van der Waals surface area contributed by atoms with Crippen LogP contribution in [0.5, 0.6) is 0 Å². The van der Waals surface area contributed by atoms with E-state index >= 15 is 0 Å². The second-order valence-corrected chi connectivity index (χ2v) is 5.36. The molecule has 1 amide bonds. The number of rotatable bonds is 4. The van der Waals surface area contributed by atoms with Gasteiger partial charge < -0.3 is 15.0 Å². The van der Waals surface area contributed by atoms with E-state index in [9.17, 15) is 4.79 Å². The molecule has 2 heterocycles. The highest BCUT2D eigenvalue weighted by molar-refractivity contribution is 5.81. The van der Waals surface area contributed by atoms with Crippen molar-refractivity contribution in [3.8, 4) is 0 Å². The Morgan fingerprint density at radius 3 is 2.78 bits per heavy atom. The zero-order valence-electron chi connectivity index (χ0n) is 11.5. The highest BCUT2D eigenvalue weighted by Gasteiger charge is 2.31. The predicted molar refractivity (Wildman–Crippen MR) is 70.5 cm³/mol. The molecule has 2 aliphatic heterocycles. The van der Waals surface area contributed by atoms with Crippen LogP contribution in [0, 0.1) is 5.92 Å². The molecule has 2 aliphatic rings. The van der Waals surface area contributed by atoms with Gasteiger partial charge in [-0.1, -0.05) is 0 Å². The van der Waals surface area contributed by atoms with Crippen molar-refractivity contribution in [2.24, 2.45) is 5.92 Å². The summed E-state index contributed by atoms with van der Waals surface area (Å²) >= 11 is 0. The first-order chi connectivity index (χ1) is 8.72. The number of nitrogens with one attached hydrogen (secondary N) is 1. The molecule has 2 unspecified atom stereocenters. The molecule has 2 saturated heterocycles. The monoisotopic (exact) mass is 255 g/mol. The molecule has 0 radical (unpaired) electrons. The summed E-state index contributed by atoms with van der Waals surface area (Å²) in [4.78, 5) is 16.7. The Balaban J connectivity index is 1.83. The Morgan fingerprint density at radius 2 is 2.11 bits per heavy atom. The first-order valence-corrected chi connectivity index (χ1v) is 6.95. The van der Waals surface area contributed by atoms with Crippen LogP contribution in [0.15, 0.2) is 0 Å². The van der Waals surface area contributed by atoms with E-state index in [1.165, 1.54) is 0 Å². The Hall–Kier alpha value is -0.650. The minimum Gasteiger partial charge on any atom is -0.384 e. The number of hydrogen-bond acceptors (Lipinski definition) is 4. The van der Waals surface area contributed by atoms with Gasteiger partial charge in [-0.05, 0) is 13.3 Å². The van der Waals surface area contributed by atoms with Crippen molar-refractivity contribution in [2.45, 2.75) is 19.4 Å². The molecule has 1 N–H and O–H groups in total. The summed E-state index contributed by atoms with van der Waals surface area (Å²) in [6, 6.07) is 0.0217. The summed E-state index contributed by atoms with van der Waals surface area (Å²) in [5.41, 5.74) is 0. The number of ether oxygens (including phenoxy) is 1. The van der Waals surface area contributed by atoms with Crippen LogP contribution in [0.4, 0.5) is 0 Å². The fraction of sp³-hybridized carbons (Fsp3) is 0.923. The van der Waals surface area contributed by atoms with Crippen LogP contribution in [0.2, 0.25) is 0 Å². The minimum atomic E-state index is 0.0217. The summed E-state index contributed by atoms with van der Waals surface area (Å²) in [6.45, 7) is 8.49. The molecule has 2 atom stereocenters. The fourth-order valence-electron chi connectivity index (χ4n) is 2.89. The predicted octanol–water partition coefficient (Wildman–Crippen LogP) is -0.225. The number of amides is 1. The average molecular weight is 255 g/mol. The Bertz CT molecular complexity index is 279. The van der Waals surface area contributed by atoms with E-state index < -0.39 is 0 Å². The van der Waals surface area contributed by atoms with Crippen molar-refractivity contribution in [1.82, 2.24) is 15.1 Å². The van der Waals surface area contributed by atoms with Gasteiger partial charge in [0.05, 0.1) is 12.6 Å². The largest absolute Gasteiger partial charge is 0.384 e. The van der Waals surface area contributed by atoms with Crippen LogP contribution in [0.1, 0.15) is 13.3 Å². The Morgan fingerprint density at radius 1 is 1.39 bits per heavy atom. The van der Waals surface area contributed by atoms with Crippen LogP contribution in [-0.4, -0.2) is 74.7 Å². The molecule has 5 nitrogen and oxygen atoms in total. The van der Waals surface area contributed by atoms with Gasteiger partial charge in [0.2, 0.25) is 5.91 Å². The summed E-state index contributed by atoms with van der Waals surface area (Å²) in [6.07, 6.45) is 1.08. The van der Waals surface area contributed by atoms with E-state index in [1.807, 2.05) is 11.8 Å². The van der Waals surface area contributed by atoms with Crippen molar-refractivity contribution < 1.29 is 9.53 Å². The maximum absolute atomic E-state index is 12.4. The smallest absolute Gasteiger partial charge is 0.239 e. The summed E-state index contributed by atoms with van der Waals surface area (Å²) < 4.78 is 5.17. The zero-order valence-corrected chi connectivity index (χ0v) is 11.5. The summed E-state index contributed by atoms with van der Waals surface area (Å²) in [7, 11) is 1.73. The van der Waals surface area contributed by atoms with E-state index in [0.717, 1.165) is 52.3 Å². The molecule has 0 saturated carbocycles. The van der Waals surface area contributed by atoms with E-state index in [2.05, 4.69) is 10.2 Å². The molecule has 0 aromatic rings. The molecule has 2 fully saturated rings. The first-order valence-electron chi connectivity index (χ1n) is 6.95. The molecule has 0 aromatic heterocycles. The fourth-order valence-corrected chi connectivity index (χ4v) is 2.89. The number of hydrogen-bond donors (Lipinski definition) is 1. The van der Waals surface area contributed by atoms with E-state index in [0.29, 0.717) is 5.92 Å². The quantitative estimate of drug-likeness (QED) is 0.754. The normalized spacial score (nSPS) is 27.4. The van der Waals surface area contributed by atoms with Gasteiger partial charge in [0, 0.05) is 52.3 Å². The summed E-state index contributed by atoms with van der Waals surface area (Å²) in [5, 5.41) is 3.32. The number of carbonyl (C=O) groups excluding carboxylic acids is 1. The van der Waals surface area contributed by atoms with Crippen molar-refractivity contribution in [1.29, 1.82) is 0 Å². The SMILES string of the molecule is COCC1CCN(C(=O)C(C)N2CCNCC2)C1. The van der Waals surface area contributed by atoms with Crippen LogP contribution >= 0.6 is 0 Å². The molecule has 5 heteroatoms. The number of nitrogens with zero attached hydrogens (tertiary/aromatic N) is 2. The lowest BCUT2D eigenvalue weighted by atomic mass is 10.1. The van der Waals surface area contributed by atoms with E-state index in [-0.39, 0.29) is 11.9 Å². The maximum Gasteiger partial charge on any atom is 0.239 e. The van der Waals surface area contributed by atoms with E-state index in [1.54, 1.807) is 7.11 Å². The van der Waals surface area contributed by atoms with E-state index in [4.69, 9.17) is 4.74 Å². The Labute approximate surface area is 109 Å². The third kappa shape index (κ3) is 3.22. The van der Waals surface area contributed by atoms with Gasteiger partial charge in [0.25, 0.3) is 0 Å². The second kappa shape index (κ2) is 6.50. The van der Waals surface area contributed by atoms with Crippen LogP contribution < -0.4 is 5.32 Å². The standard InChI is InChI=1S/C13H25N3O2/c1-11(15-7-4-14-5-8-15)13(17)16-6-3-12(9-16)10-18-2/h11-12,14H,3-10H2,1-2H3. The van der Waals surface area contributed by atoms with Crippen molar-refractivity contribution in [3.63, 3.8) is 0 Å². The zero-order chi connectivity index (χ0) is 13.0. The highest BCUT2D eigenvalue weighted by Crippen LogP contribution is 2.18. The van der Waals surface area contributed by atoms with Gasteiger partial charge in [0.1, 0.15) is 0 Å². The van der Waals surface area contributed by atoms with Crippen molar-refractivity contribution >= 4 is 5.91 Å². The molecular weight excluding hydrogens is 230 g/mol. The Kier molecular flexibility index (Phi) is 4.97. The number of piperazine rings is 1. The molecule has 2 rings (SSSR count). The number of carbonyl (C=O) groups is 1. The third-order valence-corrected chi connectivity index (χ3v) is 4.06. The first kappa shape index (κ1) is 13.8. The molecule has 0 aromatic carbocycles. The molecule has 0 aliphatic carbocycles. The number of likely N-dealkylation sites (tertiary alicyclic amines) is 1. The van der Waals surface area contributed by atoms with Crippen LogP contribution in [-0.2, 0) is 9.53 Å². The van der Waals surface area contributed by atoms with Gasteiger partial charge in [-0.2, -0.15) is 0 Å². The van der Waals surface area contributed by atoms with Crippen LogP contribution in [0.25, 0.3) is 0 Å². The maximum atomic E-state index is 12.4. The minimum absolute atomic E-state index is 0.0217. The molecule has 0 bridgehead atoms. The average Bonchev–Trinajstić information content (AvgIpc) is 2.87. The van der Waals surface area contributed by atoms with Crippen LogP contribution in [0.3, 0.4) is 0 Å². The van der Waals surface area contributed by atoms with Gasteiger partial charge in [-0.25, -0.2) is 0 Å². The van der Waals surface area contributed by atoms with Crippen molar-refractivity contribution in [2.75, 3.05) is 53.0 Å². The third-order valence-electron chi connectivity index (χ3n) is 4.06. The molecular formula is C13H25N3O2. The topological polar surface area (TPSA) is 44.8 Å².